The number of nitrogens with zero attached hydrogens (tertiary/aromatic N) is 1. The van der Waals surface area contributed by atoms with Crippen LogP contribution in [-0.2, 0) is 6.18 Å². The van der Waals surface area contributed by atoms with E-state index in [1.165, 1.54) is 6.07 Å². The molecule has 0 aromatic heterocycles. The molecule has 0 unspecified atom stereocenters. The van der Waals surface area contributed by atoms with Crippen molar-refractivity contribution >= 4 is 0 Å². The lowest BCUT2D eigenvalue weighted by atomic mass is 9.79. The van der Waals surface area contributed by atoms with Gasteiger partial charge in [0.15, 0.2) is 0 Å². The lowest BCUT2D eigenvalue weighted by molar-refractivity contribution is -0.140. The number of hydrogen-bond donors (Lipinski definition) is 2. The molecule has 1 saturated heterocycles. The minimum absolute atomic E-state index is 0.180. The van der Waals surface area contributed by atoms with Gasteiger partial charge in [-0.3, -0.25) is 4.90 Å². The van der Waals surface area contributed by atoms with Crippen LogP contribution >= 0.6 is 0 Å². The van der Waals surface area contributed by atoms with Gasteiger partial charge in [0.05, 0.1) is 5.56 Å². The number of halogens is 4. The van der Waals surface area contributed by atoms with Crippen molar-refractivity contribution in [2.45, 2.75) is 26.1 Å². The molecule has 0 saturated carbocycles. The molecule has 7 heteroatoms. The highest BCUT2D eigenvalue weighted by molar-refractivity contribution is 5.31. The first-order valence-corrected chi connectivity index (χ1v) is 7.59. The van der Waals surface area contributed by atoms with Gasteiger partial charge < -0.3 is 10.4 Å². The fourth-order valence-corrected chi connectivity index (χ4v) is 3.11. The maximum atomic E-state index is 13.6. The van der Waals surface area contributed by atoms with E-state index in [9.17, 15) is 22.7 Å². The number of aliphatic hydroxyl groups is 1. The first kappa shape index (κ1) is 18.2. The van der Waals surface area contributed by atoms with Crippen molar-refractivity contribution in [3.63, 3.8) is 0 Å². The van der Waals surface area contributed by atoms with E-state index in [-0.39, 0.29) is 6.61 Å². The normalized spacial score (nSPS) is 18.9. The molecule has 2 N–H and O–H groups in total. The average molecular weight is 334 g/mol. The summed E-state index contributed by atoms with van der Waals surface area (Å²) in [5.41, 5.74) is -1.54. The highest BCUT2D eigenvalue weighted by Gasteiger charge is 2.39. The molecule has 1 fully saturated rings. The molecular weight excluding hydrogens is 312 g/mol. The highest BCUT2D eigenvalue weighted by Crippen LogP contribution is 2.41. The van der Waals surface area contributed by atoms with Gasteiger partial charge in [0.1, 0.15) is 5.82 Å². The van der Waals surface area contributed by atoms with Crippen molar-refractivity contribution in [1.29, 1.82) is 0 Å². The number of nitrogens with one attached hydrogen (secondary N) is 1. The minimum Gasteiger partial charge on any atom is -0.396 e. The summed E-state index contributed by atoms with van der Waals surface area (Å²) >= 11 is 0. The fraction of sp³-hybridized carbons (Fsp3) is 0.625. The number of hydrogen-bond acceptors (Lipinski definition) is 3. The zero-order valence-corrected chi connectivity index (χ0v) is 13.3. The molecule has 0 bridgehead atoms. The van der Waals surface area contributed by atoms with E-state index >= 15 is 0 Å². The molecule has 0 aliphatic carbocycles. The first-order valence-electron chi connectivity index (χ1n) is 7.59. The summed E-state index contributed by atoms with van der Waals surface area (Å²) < 4.78 is 52.6. The molecule has 23 heavy (non-hydrogen) atoms. The van der Waals surface area contributed by atoms with Gasteiger partial charge >= 0.3 is 6.18 Å². The van der Waals surface area contributed by atoms with Gasteiger partial charge in [0.25, 0.3) is 0 Å². The second-order valence-electron chi connectivity index (χ2n) is 6.57. The molecule has 0 spiro atoms. The molecule has 0 radical (unpaired) electrons. The maximum Gasteiger partial charge on any atom is 0.419 e. The van der Waals surface area contributed by atoms with E-state index < -0.39 is 29.0 Å². The van der Waals surface area contributed by atoms with E-state index in [4.69, 9.17) is 0 Å². The summed E-state index contributed by atoms with van der Waals surface area (Å²) in [7, 11) is 0. The highest BCUT2D eigenvalue weighted by atomic mass is 19.4. The molecule has 1 aliphatic heterocycles. The Kier molecular flexibility index (Phi) is 5.33. The van der Waals surface area contributed by atoms with Crippen molar-refractivity contribution in [1.82, 2.24) is 10.2 Å². The SMILES string of the molecule is CC(C)(CO)[C@@H](c1ccc(F)c(C(F)(F)F)c1)N1CCNCC1. The first-order chi connectivity index (χ1) is 10.7. The number of benzene rings is 1. The second kappa shape index (κ2) is 6.75. The molecule has 130 valence electrons. The van der Waals surface area contributed by atoms with E-state index in [2.05, 4.69) is 5.32 Å². The molecule has 1 aliphatic rings. The van der Waals surface area contributed by atoms with E-state index in [1.807, 2.05) is 4.90 Å². The third-order valence-electron chi connectivity index (χ3n) is 4.28. The average Bonchev–Trinajstić information content (AvgIpc) is 2.49. The van der Waals surface area contributed by atoms with Crippen molar-refractivity contribution in [3.05, 3.63) is 35.1 Å². The van der Waals surface area contributed by atoms with Gasteiger partial charge in [-0.25, -0.2) is 4.39 Å². The Bertz CT molecular complexity index is 539. The molecular formula is C16H22F4N2O. The predicted molar refractivity (Wildman–Crippen MR) is 79.5 cm³/mol. The quantitative estimate of drug-likeness (QED) is 0.831. The summed E-state index contributed by atoms with van der Waals surface area (Å²) in [5, 5.41) is 12.9. The Morgan fingerprint density at radius 3 is 2.35 bits per heavy atom. The van der Waals surface area contributed by atoms with Gasteiger partial charge in [-0.05, 0) is 17.7 Å². The van der Waals surface area contributed by atoms with Crippen LogP contribution in [0.2, 0.25) is 0 Å². The van der Waals surface area contributed by atoms with Crippen molar-refractivity contribution in [2.75, 3.05) is 32.8 Å². The Morgan fingerprint density at radius 2 is 1.83 bits per heavy atom. The molecule has 2 rings (SSSR count). The number of rotatable bonds is 4. The van der Waals surface area contributed by atoms with Gasteiger partial charge in [-0.2, -0.15) is 13.2 Å². The fourth-order valence-electron chi connectivity index (χ4n) is 3.11. The molecule has 1 aromatic carbocycles. The molecule has 1 atom stereocenters. The summed E-state index contributed by atoms with van der Waals surface area (Å²) in [6, 6.07) is 2.70. The molecule has 0 amide bonds. The number of aliphatic hydroxyl groups excluding tert-OH is 1. The lowest BCUT2D eigenvalue weighted by Gasteiger charge is -2.43. The second-order valence-corrected chi connectivity index (χ2v) is 6.57. The molecule has 1 aromatic rings. The molecule has 1 heterocycles. The third kappa shape index (κ3) is 4.02. The van der Waals surface area contributed by atoms with Crippen LogP contribution in [0.1, 0.15) is 31.0 Å². The van der Waals surface area contributed by atoms with Crippen LogP contribution in [-0.4, -0.2) is 42.8 Å². The topological polar surface area (TPSA) is 35.5 Å². The largest absolute Gasteiger partial charge is 0.419 e. The predicted octanol–water partition coefficient (Wildman–Crippen LogP) is 2.81. The van der Waals surface area contributed by atoms with Crippen LogP contribution in [0.5, 0.6) is 0 Å². The number of alkyl halides is 3. The third-order valence-corrected chi connectivity index (χ3v) is 4.28. The summed E-state index contributed by atoms with van der Waals surface area (Å²) in [6.07, 6.45) is -4.74. The molecule has 3 nitrogen and oxygen atoms in total. The van der Waals surface area contributed by atoms with Gasteiger partial charge in [0, 0.05) is 44.2 Å². The van der Waals surface area contributed by atoms with Crippen LogP contribution in [0.3, 0.4) is 0 Å². The van der Waals surface area contributed by atoms with E-state index in [0.717, 1.165) is 25.2 Å². The monoisotopic (exact) mass is 334 g/mol. The van der Waals surface area contributed by atoms with Gasteiger partial charge in [0.2, 0.25) is 0 Å². The Hall–Kier alpha value is -1.18. The minimum atomic E-state index is -4.74. The van der Waals surface area contributed by atoms with Crippen LogP contribution < -0.4 is 5.32 Å². The maximum absolute atomic E-state index is 13.6. The van der Waals surface area contributed by atoms with Crippen LogP contribution in [0, 0.1) is 11.2 Å². The summed E-state index contributed by atoms with van der Waals surface area (Å²) in [5.74, 6) is -1.28. The number of piperazine rings is 1. The summed E-state index contributed by atoms with van der Waals surface area (Å²) in [4.78, 5) is 2.04. The van der Waals surface area contributed by atoms with E-state index in [0.29, 0.717) is 18.7 Å². The van der Waals surface area contributed by atoms with Gasteiger partial charge in [-0.1, -0.05) is 19.9 Å². The Labute approximate surface area is 133 Å². The van der Waals surface area contributed by atoms with Crippen molar-refractivity contribution in [3.8, 4) is 0 Å². The smallest absolute Gasteiger partial charge is 0.396 e. The zero-order chi connectivity index (χ0) is 17.3. The van der Waals surface area contributed by atoms with Crippen molar-refractivity contribution in [2.24, 2.45) is 5.41 Å². The zero-order valence-electron chi connectivity index (χ0n) is 13.3. The van der Waals surface area contributed by atoms with Crippen LogP contribution in [0.15, 0.2) is 18.2 Å². The Balaban J connectivity index is 2.47. The van der Waals surface area contributed by atoms with Crippen LogP contribution in [0.4, 0.5) is 17.6 Å². The van der Waals surface area contributed by atoms with E-state index in [1.54, 1.807) is 13.8 Å². The van der Waals surface area contributed by atoms with Gasteiger partial charge in [-0.15, -0.1) is 0 Å². The lowest BCUT2D eigenvalue weighted by Crippen LogP contribution is -2.49. The summed E-state index contributed by atoms with van der Waals surface area (Å²) in [6.45, 7) is 6.20. The Morgan fingerprint density at radius 1 is 1.22 bits per heavy atom. The van der Waals surface area contributed by atoms with Crippen molar-refractivity contribution < 1.29 is 22.7 Å². The van der Waals surface area contributed by atoms with Crippen LogP contribution in [0.25, 0.3) is 0 Å². The standard InChI is InChI=1S/C16H22F4N2O/c1-15(2,10-23)14(22-7-5-21-6-8-22)11-3-4-13(17)12(9-11)16(18,19)20/h3-4,9,14,21,23H,5-8,10H2,1-2H3/t14-/m1/s1.